The Kier molecular flexibility index (Phi) is 4.62. The van der Waals surface area contributed by atoms with E-state index in [2.05, 4.69) is 105 Å². The van der Waals surface area contributed by atoms with Gasteiger partial charge in [0.1, 0.15) is 0 Å². The Morgan fingerprint density at radius 2 is 1.04 bits per heavy atom. The van der Waals surface area contributed by atoms with E-state index >= 15 is 0 Å². The lowest BCUT2D eigenvalue weighted by molar-refractivity contribution is 0.433. The highest BCUT2D eigenvalue weighted by atomic mass is 14.4. The van der Waals surface area contributed by atoms with Crippen LogP contribution in [0.5, 0.6) is 0 Å². The molecule has 1 unspecified atom stereocenters. The van der Waals surface area contributed by atoms with Gasteiger partial charge in [-0.1, -0.05) is 105 Å². The summed E-state index contributed by atoms with van der Waals surface area (Å²) in [6, 6.07) is 32.7. The van der Waals surface area contributed by atoms with Crippen molar-refractivity contribution < 1.29 is 0 Å². The highest BCUT2D eigenvalue weighted by Crippen LogP contribution is 2.45. The van der Waals surface area contributed by atoms with Crippen molar-refractivity contribution in [3.05, 3.63) is 108 Å². The summed E-state index contributed by atoms with van der Waals surface area (Å²) >= 11 is 0. The Balaban J connectivity index is 2.19. The second-order valence-corrected chi connectivity index (χ2v) is 6.31. The van der Waals surface area contributed by atoms with Crippen LogP contribution in [0.2, 0.25) is 0 Å². The Hall–Kier alpha value is -2.34. The van der Waals surface area contributed by atoms with Crippen LogP contribution in [0.15, 0.2) is 91.0 Å². The summed E-state index contributed by atoms with van der Waals surface area (Å²) in [5, 5.41) is 0. The third-order valence-corrected chi connectivity index (χ3v) is 5.05. The molecule has 0 heterocycles. The second-order valence-electron chi connectivity index (χ2n) is 6.31. The van der Waals surface area contributed by atoms with Crippen molar-refractivity contribution in [3.8, 4) is 0 Å². The standard InChI is InChI=1S/C23H24/c1-3-22(19-13-7-4-8-14-19)23(2,20-15-9-5-10-16-20)21-17-11-6-12-18-21/h4-18,22H,3H2,1-2H3. The molecule has 0 fully saturated rings. The van der Waals surface area contributed by atoms with Gasteiger partial charge in [0, 0.05) is 5.41 Å². The molecule has 0 amide bonds. The average molecular weight is 300 g/mol. The molecule has 0 spiro atoms. The lowest BCUT2D eigenvalue weighted by atomic mass is 9.64. The minimum absolute atomic E-state index is 0.0430. The highest BCUT2D eigenvalue weighted by molar-refractivity contribution is 5.43. The fourth-order valence-corrected chi connectivity index (χ4v) is 3.80. The van der Waals surface area contributed by atoms with Crippen LogP contribution in [0.1, 0.15) is 42.9 Å². The lowest BCUT2D eigenvalue weighted by Crippen LogP contribution is -2.31. The SMILES string of the molecule is CCC(c1ccccc1)C(C)(c1ccccc1)c1ccccc1. The predicted octanol–water partition coefficient (Wildman–Crippen LogP) is 6.19. The smallest absolute Gasteiger partial charge is 0.0243 e. The van der Waals surface area contributed by atoms with Gasteiger partial charge in [0.25, 0.3) is 0 Å². The summed E-state index contributed by atoms with van der Waals surface area (Å²) in [4.78, 5) is 0. The maximum absolute atomic E-state index is 2.39. The molecule has 3 aromatic carbocycles. The minimum atomic E-state index is -0.0430. The van der Waals surface area contributed by atoms with Crippen molar-refractivity contribution in [2.24, 2.45) is 0 Å². The maximum atomic E-state index is 2.39. The summed E-state index contributed by atoms with van der Waals surface area (Å²) < 4.78 is 0. The zero-order valence-corrected chi connectivity index (χ0v) is 13.9. The first-order valence-electron chi connectivity index (χ1n) is 8.42. The van der Waals surface area contributed by atoms with Gasteiger partial charge < -0.3 is 0 Å². The van der Waals surface area contributed by atoms with Crippen LogP contribution in [0.3, 0.4) is 0 Å². The normalized spacial score (nSPS) is 12.8. The molecule has 0 saturated heterocycles. The van der Waals surface area contributed by atoms with Crippen LogP contribution in [-0.4, -0.2) is 0 Å². The molecule has 0 bridgehead atoms. The molecule has 0 nitrogen and oxygen atoms in total. The molecule has 0 N–H and O–H groups in total. The minimum Gasteiger partial charge on any atom is -0.0648 e. The molecule has 0 aromatic heterocycles. The van der Waals surface area contributed by atoms with E-state index in [1.165, 1.54) is 16.7 Å². The van der Waals surface area contributed by atoms with Crippen molar-refractivity contribution in [2.75, 3.05) is 0 Å². The molecule has 1 atom stereocenters. The zero-order chi connectivity index (χ0) is 16.1. The molecule has 3 aromatic rings. The van der Waals surface area contributed by atoms with Gasteiger partial charge >= 0.3 is 0 Å². The summed E-state index contributed by atoms with van der Waals surface area (Å²) in [7, 11) is 0. The molecule has 0 saturated carbocycles. The molecule has 0 aliphatic carbocycles. The fourth-order valence-electron chi connectivity index (χ4n) is 3.80. The maximum Gasteiger partial charge on any atom is 0.0243 e. The first-order valence-corrected chi connectivity index (χ1v) is 8.42. The van der Waals surface area contributed by atoms with Crippen molar-refractivity contribution in [2.45, 2.75) is 31.6 Å². The first-order chi connectivity index (χ1) is 11.3. The van der Waals surface area contributed by atoms with Crippen LogP contribution in [0, 0.1) is 0 Å². The van der Waals surface area contributed by atoms with Crippen LogP contribution < -0.4 is 0 Å². The Labute approximate surface area is 139 Å². The van der Waals surface area contributed by atoms with Crippen molar-refractivity contribution in [1.82, 2.24) is 0 Å². The predicted molar refractivity (Wildman–Crippen MR) is 98.8 cm³/mol. The zero-order valence-electron chi connectivity index (χ0n) is 13.9. The summed E-state index contributed by atoms with van der Waals surface area (Å²) in [5.74, 6) is 0.438. The molecular weight excluding hydrogens is 276 g/mol. The van der Waals surface area contributed by atoms with Crippen molar-refractivity contribution in [1.29, 1.82) is 0 Å². The van der Waals surface area contributed by atoms with Crippen molar-refractivity contribution >= 4 is 0 Å². The quantitative estimate of drug-likeness (QED) is 0.527. The Morgan fingerprint density at radius 1 is 0.652 bits per heavy atom. The van der Waals surface area contributed by atoms with Gasteiger partial charge in [-0.25, -0.2) is 0 Å². The Morgan fingerprint density at radius 3 is 1.43 bits per heavy atom. The average Bonchev–Trinajstić information content (AvgIpc) is 2.64. The highest BCUT2D eigenvalue weighted by Gasteiger charge is 2.37. The van der Waals surface area contributed by atoms with E-state index in [1.54, 1.807) is 0 Å². The van der Waals surface area contributed by atoms with Crippen LogP contribution in [0.4, 0.5) is 0 Å². The van der Waals surface area contributed by atoms with Crippen LogP contribution >= 0.6 is 0 Å². The fraction of sp³-hybridized carbons (Fsp3) is 0.217. The number of rotatable bonds is 5. The molecule has 0 radical (unpaired) electrons. The molecule has 23 heavy (non-hydrogen) atoms. The summed E-state index contributed by atoms with van der Waals surface area (Å²) in [5.41, 5.74) is 4.12. The molecule has 0 aliphatic heterocycles. The lowest BCUT2D eigenvalue weighted by Gasteiger charge is -2.39. The third-order valence-electron chi connectivity index (χ3n) is 5.05. The van der Waals surface area contributed by atoms with E-state index in [1.807, 2.05) is 0 Å². The third kappa shape index (κ3) is 2.94. The van der Waals surface area contributed by atoms with Gasteiger partial charge in [-0.05, 0) is 29.0 Å². The second kappa shape index (κ2) is 6.83. The van der Waals surface area contributed by atoms with Crippen LogP contribution in [0.25, 0.3) is 0 Å². The van der Waals surface area contributed by atoms with Gasteiger partial charge in [0.05, 0.1) is 0 Å². The molecule has 3 rings (SSSR count). The van der Waals surface area contributed by atoms with Gasteiger partial charge in [-0.3, -0.25) is 0 Å². The Bertz CT molecular complexity index is 674. The van der Waals surface area contributed by atoms with Gasteiger partial charge in [-0.15, -0.1) is 0 Å². The van der Waals surface area contributed by atoms with E-state index in [4.69, 9.17) is 0 Å². The van der Waals surface area contributed by atoms with E-state index < -0.39 is 0 Å². The van der Waals surface area contributed by atoms with Gasteiger partial charge in [0.2, 0.25) is 0 Å². The van der Waals surface area contributed by atoms with E-state index in [-0.39, 0.29) is 5.41 Å². The summed E-state index contributed by atoms with van der Waals surface area (Å²) in [6.07, 6.45) is 1.10. The van der Waals surface area contributed by atoms with Gasteiger partial charge in [0.15, 0.2) is 0 Å². The molecular formula is C23H24. The number of hydrogen-bond donors (Lipinski definition) is 0. The monoisotopic (exact) mass is 300 g/mol. The van der Waals surface area contributed by atoms with Crippen molar-refractivity contribution in [3.63, 3.8) is 0 Å². The molecule has 0 aliphatic rings. The first kappa shape index (κ1) is 15.6. The topological polar surface area (TPSA) is 0 Å². The molecule has 116 valence electrons. The van der Waals surface area contributed by atoms with Gasteiger partial charge in [-0.2, -0.15) is 0 Å². The largest absolute Gasteiger partial charge is 0.0648 e. The van der Waals surface area contributed by atoms with Crippen LogP contribution in [-0.2, 0) is 5.41 Å². The van der Waals surface area contributed by atoms with E-state index in [0.29, 0.717) is 5.92 Å². The molecule has 0 heteroatoms. The number of benzene rings is 3. The van der Waals surface area contributed by atoms with E-state index in [9.17, 15) is 0 Å². The van der Waals surface area contributed by atoms with E-state index in [0.717, 1.165) is 6.42 Å². The summed E-state index contributed by atoms with van der Waals surface area (Å²) in [6.45, 7) is 4.68. The number of hydrogen-bond acceptors (Lipinski definition) is 0.